The van der Waals surface area contributed by atoms with Crippen LogP contribution in [0.4, 0.5) is 5.69 Å². The first kappa shape index (κ1) is 20.1. The molecule has 1 atom stereocenters. The molecule has 6 heteroatoms. The first-order valence-corrected chi connectivity index (χ1v) is 13.1. The minimum Gasteiger partial charge on any atom is -0.417 e. The molecule has 0 saturated carbocycles. The van der Waals surface area contributed by atoms with Gasteiger partial charge in [-0.3, -0.25) is 4.79 Å². The van der Waals surface area contributed by atoms with Gasteiger partial charge in [-0.1, -0.05) is 52.6 Å². The predicted molar refractivity (Wildman–Crippen MR) is 111 cm³/mol. The predicted octanol–water partition coefficient (Wildman–Crippen LogP) is 5.47. The van der Waals surface area contributed by atoms with Gasteiger partial charge in [0.2, 0.25) is 5.91 Å². The number of halogens is 2. The number of hydrogen-bond donors (Lipinski definition) is 0. The van der Waals surface area contributed by atoms with Crippen LogP contribution in [0.5, 0.6) is 0 Å². The molecule has 2 rings (SSSR count). The van der Waals surface area contributed by atoms with Gasteiger partial charge in [-0.05, 0) is 48.3 Å². The molecular weight excluding hydrogens is 450 g/mol. The minimum atomic E-state index is -1.81. The quantitative estimate of drug-likeness (QED) is 0.416. The van der Waals surface area contributed by atoms with Gasteiger partial charge in [0.05, 0.1) is 5.41 Å². The molecule has 1 aliphatic rings. The van der Waals surface area contributed by atoms with Crippen LogP contribution in [-0.4, -0.2) is 33.2 Å². The molecule has 3 nitrogen and oxygen atoms in total. The Morgan fingerprint density at radius 2 is 1.92 bits per heavy atom. The molecule has 24 heavy (non-hydrogen) atoms. The van der Waals surface area contributed by atoms with Crippen molar-refractivity contribution in [3.8, 4) is 0 Å². The SMILES string of the molecule is CN1C(=O)C(CBr)(CCO[Si](C)(C)C(C)(C)C)c2cc(Br)ccc21. The average Bonchev–Trinajstić information content (AvgIpc) is 2.68. The third-order valence-electron chi connectivity index (χ3n) is 5.58. The largest absolute Gasteiger partial charge is 0.417 e. The number of amides is 1. The van der Waals surface area contributed by atoms with Gasteiger partial charge in [0.15, 0.2) is 8.32 Å². The Labute approximate surface area is 163 Å². The molecule has 1 amide bonds. The maximum Gasteiger partial charge on any atom is 0.238 e. The second-order valence-corrected chi connectivity index (χ2v) is 14.4. The van der Waals surface area contributed by atoms with Crippen molar-refractivity contribution in [2.75, 3.05) is 23.9 Å². The highest BCUT2D eigenvalue weighted by Gasteiger charge is 2.49. The van der Waals surface area contributed by atoms with Gasteiger partial charge in [0.25, 0.3) is 0 Å². The van der Waals surface area contributed by atoms with E-state index in [4.69, 9.17) is 4.43 Å². The fraction of sp³-hybridized carbons (Fsp3) is 0.611. The summed E-state index contributed by atoms with van der Waals surface area (Å²) in [5.74, 6) is 0.145. The molecule has 0 fully saturated rings. The van der Waals surface area contributed by atoms with E-state index in [9.17, 15) is 4.79 Å². The van der Waals surface area contributed by atoms with E-state index in [0.717, 1.165) is 15.7 Å². The summed E-state index contributed by atoms with van der Waals surface area (Å²) >= 11 is 7.15. The van der Waals surface area contributed by atoms with E-state index >= 15 is 0 Å². The molecular formula is C18H27Br2NO2Si. The van der Waals surface area contributed by atoms with E-state index in [0.29, 0.717) is 18.4 Å². The maximum atomic E-state index is 13.0. The highest BCUT2D eigenvalue weighted by Crippen LogP contribution is 2.46. The van der Waals surface area contributed by atoms with Crippen molar-refractivity contribution in [2.45, 2.75) is 50.7 Å². The number of rotatable bonds is 5. The molecule has 1 heterocycles. The molecule has 0 aromatic heterocycles. The molecule has 0 bridgehead atoms. The number of benzene rings is 1. The molecule has 1 aromatic rings. The molecule has 0 N–H and O–H groups in total. The number of fused-ring (bicyclic) bond motifs is 1. The summed E-state index contributed by atoms with van der Waals surface area (Å²) in [4.78, 5) is 14.8. The summed E-state index contributed by atoms with van der Waals surface area (Å²) in [6.07, 6.45) is 0.692. The normalized spacial score (nSPS) is 21.3. The summed E-state index contributed by atoms with van der Waals surface area (Å²) in [6, 6.07) is 6.07. The van der Waals surface area contributed by atoms with E-state index in [-0.39, 0.29) is 10.9 Å². The number of anilines is 1. The Hall–Kier alpha value is -0.173. The van der Waals surface area contributed by atoms with Crippen molar-refractivity contribution in [3.63, 3.8) is 0 Å². The van der Waals surface area contributed by atoms with E-state index < -0.39 is 13.7 Å². The summed E-state index contributed by atoms with van der Waals surface area (Å²) in [7, 11) is 0.0418. The van der Waals surface area contributed by atoms with Crippen LogP contribution in [0.15, 0.2) is 22.7 Å². The number of hydrogen-bond acceptors (Lipinski definition) is 2. The van der Waals surface area contributed by atoms with Crippen molar-refractivity contribution < 1.29 is 9.22 Å². The number of carbonyl (C=O) groups is 1. The Kier molecular flexibility index (Phi) is 5.75. The number of carbonyl (C=O) groups excluding carboxylic acids is 1. The molecule has 134 valence electrons. The van der Waals surface area contributed by atoms with E-state index in [1.807, 2.05) is 19.2 Å². The van der Waals surface area contributed by atoms with Crippen LogP contribution in [0, 0.1) is 0 Å². The average molecular weight is 477 g/mol. The van der Waals surface area contributed by atoms with Crippen molar-refractivity contribution in [2.24, 2.45) is 0 Å². The number of alkyl halides is 1. The minimum absolute atomic E-state index is 0.145. The topological polar surface area (TPSA) is 29.5 Å². The van der Waals surface area contributed by atoms with Crippen LogP contribution in [0.25, 0.3) is 0 Å². The molecule has 1 unspecified atom stereocenters. The second kappa shape index (κ2) is 6.86. The number of likely N-dealkylation sites (N-methyl/N-ethyl adjacent to an activating group) is 1. The first-order valence-electron chi connectivity index (χ1n) is 8.24. The third-order valence-corrected chi connectivity index (χ3v) is 11.6. The summed E-state index contributed by atoms with van der Waals surface area (Å²) in [5.41, 5.74) is 1.53. The van der Waals surface area contributed by atoms with E-state index in [1.54, 1.807) is 4.90 Å². The van der Waals surface area contributed by atoms with E-state index in [1.165, 1.54) is 0 Å². The lowest BCUT2D eigenvalue weighted by atomic mass is 9.81. The molecule has 0 saturated heterocycles. The van der Waals surface area contributed by atoms with Crippen molar-refractivity contribution >= 4 is 51.8 Å². The molecule has 0 radical (unpaired) electrons. The lowest BCUT2D eigenvalue weighted by molar-refractivity contribution is -0.122. The van der Waals surface area contributed by atoms with Crippen LogP contribution in [0.3, 0.4) is 0 Å². The van der Waals surface area contributed by atoms with Crippen molar-refractivity contribution in [3.05, 3.63) is 28.2 Å². The van der Waals surface area contributed by atoms with Crippen LogP contribution in [0.1, 0.15) is 32.8 Å². The van der Waals surface area contributed by atoms with Gasteiger partial charge in [-0.2, -0.15) is 0 Å². The van der Waals surface area contributed by atoms with Gasteiger partial charge < -0.3 is 9.33 Å². The monoisotopic (exact) mass is 475 g/mol. The highest BCUT2D eigenvalue weighted by molar-refractivity contribution is 9.10. The van der Waals surface area contributed by atoms with Crippen molar-refractivity contribution in [1.82, 2.24) is 0 Å². The first-order chi connectivity index (χ1) is 11.0. The Bertz CT molecular complexity index is 642. The Morgan fingerprint density at radius 3 is 2.46 bits per heavy atom. The van der Waals surface area contributed by atoms with Gasteiger partial charge in [-0.25, -0.2) is 0 Å². The van der Waals surface area contributed by atoms with Crippen LogP contribution in [-0.2, 0) is 14.6 Å². The smallest absolute Gasteiger partial charge is 0.238 e. The van der Waals surface area contributed by atoms with Crippen molar-refractivity contribution in [1.29, 1.82) is 0 Å². The van der Waals surface area contributed by atoms with Crippen LogP contribution >= 0.6 is 31.9 Å². The van der Waals surface area contributed by atoms with Crippen LogP contribution < -0.4 is 4.90 Å². The van der Waals surface area contributed by atoms with Crippen LogP contribution in [0.2, 0.25) is 18.1 Å². The fourth-order valence-electron chi connectivity index (χ4n) is 2.86. The number of nitrogens with zero attached hydrogens (tertiary/aromatic N) is 1. The van der Waals surface area contributed by atoms with E-state index in [2.05, 4.69) is 71.8 Å². The van der Waals surface area contributed by atoms with Gasteiger partial charge in [0, 0.05) is 29.1 Å². The lowest BCUT2D eigenvalue weighted by Gasteiger charge is -2.37. The zero-order valence-electron chi connectivity index (χ0n) is 15.4. The zero-order chi connectivity index (χ0) is 18.3. The lowest BCUT2D eigenvalue weighted by Crippen LogP contribution is -2.44. The Morgan fingerprint density at radius 1 is 1.29 bits per heavy atom. The maximum absolute atomic E-state index is 13.0. The Balaban J connectivity index is 2.27. The summed E-state index contributed by atoms with van der Waals surface area (Å²) in [5, 5.41) is 0.777. The van der Waals surface area contributed by atoms with Gasteiger partial charge in [0.1, 0.15) is 0 Å². The summed E-state index contributed by atoms with van der Waals surface area (Å²) in [6.45, 7) is 11.8. The molecule has 0 aliphatic carbocycles. The molecule has 1 aliphatic heterocycles. The highest BCUT2D eigenvalue weighted by atomic mass is 79.9. The standard InChI is InChI=1S/C18H27Br2NO2Si/c1-17(2,3)24(5,6)23-10-9-18(12-19)14-11-13(20)7-8-15(14)21(4)16(18)22/h7-8,11H,9-10,12H2,1-6H3. The zero-order valence-corrected chi connectivity index (χ0v) is 19.5. The molecule has 0 spiro atoms. The van der Waals surface area contributed by atoms with Gasteiger partial charge in [-0.15, -0.1) is 0 Å². The molecule has 1 aromatic carbocycles. The van der Waals surface area contributed by atoms with Gasteiger partial charge >= 0.3 is 0 Å². The third kappa shape index (κ3) is 3.39. The fourth-order valence-corrected chi connectivity index (χ4v) is 5.09. The second-order valence-electron chi connectivity index (χ2n) is 8.10. The summed E-state index contributed by atoms with van der Waals surface area (Å²) < 4.78 is 7.35.